The topological polar surface area (TPSA) is 34.0 Å². The maximum Gasteiger partial charge on any atom is 0.253 e. The van der Waals surface area contributed by atoms with Crippen LogP contribution in [0.2, 0.25) is 0 Å². The van der Waals surface area contributed by atoms with E-state index < -0.39 is 0 Å². The molecule has 0 fully saturated rings. The molecule has 1 heterocycles. The number of nitrogens with one attached hydrogen (secondary N) is 1. The van der Waals surface area contributed by atoms with E-state index in [1.54, 1.807) is 0 Å². The Morgan fingerprint density at radius 3 is 2.79 bits per heavy atom. The van der Waals surface area contributed by atoms with Gasteiger partial charge in [-0.15, -0.1) is 0 Å². The first kappa shape index (κ1) is 13.7. The van der Waals surface area contributed by atoms with Crippen LogP contribution in [0.15, 0.2) is 30.5 Å². The number of hydrogen-bond acceptors (Lipinski definition) is 1. The third kappa shape index (κ3) is 3.16. The molecule has 2 aromatic rings. The van der Waals surface area contributed by atoms with Crippen LogP contribution in [0.25, 0.3) is 10.9 Å². The molecule has 0 atom stereocenters. The van der Waals surface area contributed by atoms with Crippen LogP contribution >= 0.6 is 0 Å². The smallest absolute Gasteiger partial charge is 0.253 e. The molecule has 0 unspecified atom stereocenters. The molecule has 0 saturated heterocycles. The lowest BCUT2D eigenvalue weighted by atomic mass is 10.1. The summed E-state index contributed by atoms with van der Waals surface area (Å²) in [5, 5.41) is 4.03. The van der Waals surface area contributed by atoms with E-state index >= 15 is 0 Å². The highest BCUT2D eigenvalue weighted by molar-refractivity contribution is 6.06. The average molecular weight is 258 g/mol. The van der Waals surface area contributed by atoms with Gasteiger partial charge in [-0.3, -0.25) is 4.79 Å². The Balaban J connectivity index is 2.05. The summed E-state index contributed by atoms with van der Waals surface area (Å²) >= 11 is 0. The summed E-state index contributed by atoms with van der Waals surface area (Å²) in [6, 6.07) is 7.99. The van der Waals surface area contributed by atoms with Crippen LogP contribution in [0.3, 0.4) is 0 Å². The normalized spacial score (nSPS) is 11.2. The first-order valence-corrected chi connectivity index (χ1v) is 6.92. The summed E-state index contributed by atoms with van der Waals surface area (Å²) in [6.45, 7) is 5.15. The summed E-state index contributed by atoms with van der Waals surface area (Å²) in [7, 11) is 1.97. The Hall–Kier alpha value is -1.77. The van der Waals surface area contributed by atoms with Gasteiger partial charge in [0.05, 0.1) is 5.56 Å². The molecular weight excluding hydrogens is 236 g/mol. The Kier molecular flexibility index (Phi) is 4.25. The van der Waals surface area contributed by atoms with Gasteiger partial charge in [-0.25, -0.2) is 0 Å². The molecule has 3 heteroatoms. The van der Waals surface area contributed by atoms with Crippen molar-refractivity contribution in [3.63, 3.8) is 0 Å². The van der Waals surface area contributed by atoms with E-state index in [1.165, 1.54) is 0 Å². The minimum atomic E-state index is 0.0283. The molecule has 1 amide bonds. The van der Waals surface area contributed by atoms with Crippen molar-refractivity contribution in [2.24, 2.45) is 13.0 Å². The van der Waals surface area contributed by atoms with E-state index in [4.69, 9.17) is 0 Å². The molecule has 2 rings (SSSR count). The Bertz CT molecular complexity index is 569. The van der Waals surface area contributed by atoms with Gasteiger partial charge < -0.3 is 9.88 Å². The van der Waals surface area contributed by atoms with Crippen molar-refractivity contribution < 1.29 is 4.79 Å². The molecule has 3 nitrogen and oxygen atoms in total. The first-order valence-electron chi connectivity index (χ1n) is 6.92. The van der Waals surface area contributed by atoms with Gasteiger partial charge in [-0.05, 0) is 24.8 Å². The second-order valence-electron chi connectivity index (χ2n) is 5.46. The molecule has 0 spiro atoms. The SMILES string of the molecule is CC(C)CCCNC(=O)c1cn(C)c2ccccc12. The van der Waals surface area contributed by atoms with Crippen molar-refractivity contribution in [2.45, 2.75) is 26.7 Å². The second-order valence-corrected chi connectivity index (χ2v) is 5.46. The quantitative estimate of drug-likeness (QED) is 0.820. The van der Waals surface area contributed by atoms with Crippen molar-refractivity contribution in [3.05, 3.63) is 36.0 Å². The average Bonchev–Trinajstić information content (AvgIpc) is 2.72. The zero-order valence-electron chi connectivity index (χ0n) is 11.9. The first-order chi connectivity index (χ1) is 9.09. The van der Waals surface area contributed by atoms with Crippen molar-refractivity contribution in [3.8, 4) is 0 Å². The van der Waals surface area contributed by atoms with Gasteiger partial charge in [0.2, 0.25) is 0 Å². The van der Waals surface area contributed by atoms with E-state index in [-0.39, 0.29) is 5.91 Å². The summed E-state index contributed by atoms with van der Waals surface area (Å²) in [4.78, 5) is 12.2. The summed E-state index contributed by atoms with van der Waals surface area (Å²) in [6.07, 6.45) is 4.09. The molecule has 0 saturated carbocycles. The zero-order valence-corrected chi connectivity index (χ0v) is 11.9. The fourth-order valence-corrected chi connectivity index (χ4v) is 2.33. The fraction of sp³-hybridized carbons (Fsp3) is 0.438. The number of rotatable bonds is 5. The van der Waals surface area contributed by atoms with Gasteiger partial charge >= 0.3 is 0 Å². The Morgan fingerprint density at radius 2 is 2.05 bits per heavy atom. The van der Waals surface area contributed by atoms with E-state index in [0.717, 1.165) is 35.9 Å². The lowest BCUT2D eigenvalue weighted by Crippen LogP contribution is -2.24. The monoisotopic (exact) mass is 258 g/mol. The summed E-state index contributed by atoms with van der Waals surface area (Å²) in [5.41, 5.74) is 1.86. The van der Waals surface area contributed by atoms with Crippen LogP contribution in [0.4, 0.5) is 0 Å². The van der Waals surface area contributed by atoms with Crippen LogP contribution in [0.1, 0.15) is 37.0 Å². The highest BCUT2D eigenvalue weighted by Crippen LogP contribution is 2.20. The predicted octanol–water partition coefficient (Wildman–Crippen LogP) is 3.34. The fourth-order valence-electron chi connectivity index (χ4n) is 2.33. The summed E-state index contributed by atoms with van der Waals surface area (Å²) in [5.74, 6) is 0.718. The number of carbonyl (C=O) groups is 1. The van der Waals surface area contributed by atoms with Crippen molar-refractivity contribution >= 4 is 16.8 Å². The third-order valence-electron chi connectivity index (χ3n) is 3.39. The van der Waals surface area contributed by atoms with Gasteiger partial charge in [0.1, 0.15) is 0 Å². The number of aryl methyl sites for hydroxylation is 1. The molecule has 0 aliphatic rings. The molecule has 19 heavy (non-hydrogen) atoms. The number of amides is 1. The van der Waals surface area contributed by atoms with Crippen LogP contribution < -0.4 is 5.32 Å². The maximum absolute atomic E-state index is 12.2. The number of hydrogen-bond donors (Lipinski definition) is 1. The van der Waals surface area contributed by atoms with E-state index in [9.17, 15) is 4.79 Å². The number of aromatic nitrogens is 1. The van der Waals surface area contributed by atoms with Crippen LogP contribution in [0, 0.1) is 5.92 Å². The highest BCUT2D eigenvalue weighted by Gasteiger charge is 2.12. The van der Waals surface area contributed by atoms with E-state index in [1.807, 2.05) is 42.1 Å². The maximum atomic E-state index is 12.2. The lowest BCUT2D eigenvalue weighted by molar-refractivity contribution is 0.0954. The van der Waals surface area contributed by atoms with Gasteiger partial charge in [0.15, 0.2) is 0 Å². The van der Waals surface area contributed by atoms with Gasteiger partial charge in [-0.1, -0.05) is 32.0 Å². The Labute approximate surface area is 114 Å². The number of nitrogens with zero attached hydrogens (tertiary/aromatic N) is 1. The molecule has 1 aromatic carbocycles. The molecule has 0 aliphatic heterocycles. The van der Waals surface area contributed by atoms with Crippen LogP contribution in [-0.2, 0) is 7.05 Å². The highest BCUT2D eigenvalue weighted by atomic mass is 16.1. The van der Waals surface area contributed by atoms with E-state index in [2.05, 4.69) is 19.2 Å². The molecular formula is C16H22N2O. The van der Waals surface area contributed by atoms with E-state index in [0.29, 0.717) is 5.92 Å². The predicted molar refractivity (Wildman–Crippen MR) is 79.3 cm³/mol. The van der Waals surface area contributed by atoms with Crippen molar-refractivity contribution in [1.29, 1.82) is 0 Å². The van der Waals surface area contributed by atoms with Gasteiger partial charge in [-0.2, -0.15) is 0 Å². The lowest BCUT2D eigenvalue weighted by Gasteiger charge is -2.06. The van der Waals surface area contributed by atoms with Crippen molar-refractivity contribution in [1.82, 2.24) is 9.88 Å². The van der Waals surface area contributed by atoms with Gasteiger partial charge in [0.25, 0.3) is 5.91 Å². The minimum absolute atomic E-state index is 0.0283. The largest absolute Gasteiger partial charge is 0.352 e. The molecule has 0 bridgehead atoms. The third-order valence-corrected chi connectivity index (χ3v) is 3.39. The van der Waals surface area contributed by atoms with Crippen LogP contribution in [0.5, 0.6) is 0 Å². The summed E-state index contributed by atoms with van der Waals surface area (Å²) < 4.78 is 2.00. The molecule has 0 radical (unpaired) electrons. The molecule has 102 valence electrons. The molecule has 1 N–H and O–H groups in total. The number of benzene rings is 1. The van der Waals surface area contributed by atoms with Gasteiger partial charge in [0, 0.05) is 30.7 Å². The van der Waals surface area contributed by atoms with Crippen LogP contribution in [-0.4, -0.2) is 17.0 Å². The Morgan fingerprint density at radius 1 is 1.32 bits per heavy atom. The molecule has 0 aliphatic carbocycles. The standard InChI is InChI=1S/C16H22N2O/c1-12(2)7-6-10-17-16(19)14-11-18(3)15-9-5-4-8-13(14)15/h4-5,8-9,11-12H,6-7,10H2,1-3H3,(H,17,19). The van der Waals surface area contributed by atoms with Crippen molar-refractivity contribution in [2.75, 3.05) is 6.54 Å². The second kappa shape index (κ2) is 5.91. The number of carbonyl (C=O) groups excluding carboxylic acids is 1. The number of fused-ring (bicyclic) bond motifs is 1. The zero-order chi connectivity index (χ0) is 13.8. The molecule has 1 aromatic heterocycles. The number of para-hydroxylation sites is 1. The minimum Gasteiger partial charge on any atom is -0.352 e.